The minimum absolute atomic E-state index is 0.0477. The van der Waals surface area contributed by atoms with Crippen molar-refractivity contribution in [1.29, 1.82) is 5.26 Å². The summed E-state index contributed by atoms with van der Waals surface area (Å²) in [6.45, 7) is 3.94. The van der Waals surface area contributed by atoms with Crippen LogP contribution < -0.4 is 5.32 Å². The number of hydrogen-bond donors (Lipinski definition) is 1. The molecular formula is C21H22N6O. The normalized spacial score (nSPS) is 13.0. The summed E-state index contributed by atoms with van der Waals surface area (Å²) in [6.07, 6.45) is 3.15. The number of anilines is 1. The third kappa shape index (κ3) is 4.24. The Morgan fingerprint density at radius 2 is 1.82 bits per heavy atom. The SMILES string of the molecule is C[C@@H](C(=O)Nc1ccc(C#N)cc1)N(C)[C@@H](C)c1ccc(-n2cncn2)cc1. The van der Waals surface area contributed by atoms with Gasteiger partial charge in [-0.1, -0.05) is 12.1 Å². The van der Waals surface area contributed by atoms with E-state index in [1.165, 1.54) is 6.33 Å². The Labute approximate surface area is 164 Å². The number of benzene rings is 2. The molecule has 3 aromatic rings. The molecule has 0 aliphatic heterocycles. The van der Waals surface area contributed by atoms with E-state index >= 15 is 0 Å². The molecule has 7 nitrogen and oxygen atoms in total. The number of carbonyl (C=O) groups is 1. The maximum atomic E-state index is 12.6. The molecule has 1 N–H and O–H groups in total. The smallest absolute Gasteiger partial charge is 0.241 e. The summed E-state index contributed by atoms with van der Waals surface area (Å²) in [5, 5.41) is 15.9. The summed E-state index contributed by atoms with van der Waals surface area (Å²) >= 11 is 0. The fourth-order valence-electron chi connectivity index (χ4n) is 2.88. The third-order valence-electron chi connectivity index (χ3n) is 4.94. The Morgan fingerprint density at radius 3 is 2.39 bits per heavy atom. The highest BCUT2D eigenvalue weighted by Crippen LogP contribution is 2.22. The van der Waals surface area contributed by atoms with Crippen LogP contribution in [-0.2, 0) is 4.79 Å². The molecule has 1 aromatic heterocycles. The number of rotatable bonds is 6. The molecule has 0 aliphatic carbocycles. The second-order valence-corrected chi connectivity index (χ2v) is 6.63. The maximum Gasteiger partial charge on any atom is 0.241 e. The number of hydrogen-bond acceptors (Lipinski definition) is 5. The van der Waals surface area contributed by atoms with E-state index in [9.17, 15) is 4.79 Å². The van der Waals surface area contributed by atoms with Gasteiger partial charge in [0.1, 0.15) is 12.7 Å². The molecule has 1 heterocycles. The van der Waals surface area contributed by atoms with Crippen LogP contribution in [0.4, 0.5) is 5.69 Å². The van der Waals surface area contributed by atoms with Gasteiger partial charge in [0.2, 0.25) is 5.91 Å². The molecule has 0 saturated heterocycles. The minimum Gasteiger partial charge on any atom is -0.325 e. The van der Waals surface area contributed by atoms with E-state index in [0.717, 1.165) is 11.3 Å². The van der Waals surface area contributed by atoms with Crippen molar-refractivity contribution >= 4 is 11.6 Å². The zero-order valence-corrected chi connectivity index (χ0v) is 16.1. The van der Waals surface area contributed by atoms with Crippen molar-refractivity contribution in [3.63, 3.8) is 0 Å². The summed E-state index contributed by atoms with van der Waals surface area (Å²) in [7, 11) is 1.93. The lowest BCUT2D eigenvalue weighted by molar-refractivity contribution is -0.121. The highest BCUT2D eigenvalue weighted by atomic mass is 16.2. The van der Waals surface area contributed by atoms with Gasteiger partial charge in [-0.25, -0.2) is 9.67 Å². The largest absolute Gasteiger partial charge is 0.325 e. The molecule has 0 bridgehead atoms. The molecule has 3 rings (SSSR count). The Kier molecular flexibility index (Phi) is 5.82. The van der Waals surface area contributed by atoms with Gasteiger partial charge in [-0.15, -0.1) is 0 Å². The van der Waals surface area contributed by atoms with Gasteiger partial charge in [-0.3, -0.25) is 9.69 Å². The van der Waals surface area contributed by atoms with Crippen LogP contribution in [0, 0.1) is 11.3 Å². The van der Waals surface area contributed by atoms with Gasteiger partial charge >= 0.3 is 0 Å². The molecule has 28 heavy (non-hydrogen) atoms. The van der Waals surface area contributed by atoms with Crippen LogP contribution in [0.3, 0.4) is 0 Å². The maximum absolute atomic E-state index is 12.6. The van der Waals surface area contributed by atoms with Gasteiger partial charge in [0.05, 0.1) is 23.4 Å². The molecule has 0 saturated carbocycles. The quantitative estimate of drug-likeness (QED) is 0.716. The first kappa shape index (κ1) is 19.3. The van der Waals surface area contributed by atoms with Gasteiger partial charge in [-0.2, -0.15) is 10.4 Å². The van der Waals surface area contributed by atoms with E-state index < -0.39 is 0 Å². The average Bonchev–Trinajstić information content (AvgIpc) is 3.27. The van der Waals surface area contributed by atoms with Crippen molar-refractivity contribution in [2.24, 2.45) is 0 Å². The standard InChI is InChI=1S/C21H22N6O/c1-15(18-6-10-20(11-7-18)27-14-23-13-24-27)26(3)16(2)21(28)25-19-8-4-17(12-22)5-9-19/h4-11,13-16H,1-3H3,(H,25,28)/t15-,16-/m0/s1. The zero-order chi connectivity index (χ0) is 20.1. The molecule has 2 atom stereocenters. The summed E-state index contributed by atoms with van der Waals surface area (Å²) in [6, 6.07) is 16.6. The van der Waals surface area contributed by atoms with Crippen molar-refractivity contribution in [3.8, 4) is 11.8 Å². The van der Waals surface area contributed by atoms with E-state index in [1.54, 1.807) is 35.3 Å². The lowest BCUT2D eigenvalue weighted by Gasteiger charge is -2.30. The van der Waals surface area contributed by atoms with Crippen LogP contribution in [0.25, 0.3) is 5.69 Å². The summed E-state index contributed by atoms with van der Waals surface area (Å²) in [5.41, 5.74) is 3.27. The summed E-state index contributed by atoms with van der Waals surface area (Å²) < 4.78 is 1.70. The van der Waals surface area contributed by atoms with Crippen molar-refractivity contribution in [3.05, 3.63) is 72.3 Å². The van der Waals surface area contributed by atoms with Gasteiger partial charge in [0.25, 0.3) is 0 Å². The lowest BCUT2D eigenvalue weighted by atomic mass is 10.1. The molecule has 0 fully saturated rings. The molecule has 7 heteroatoms. The number of nitrogens with one attached hydrogen (secondary N) is 1. The number of nitriles is 1. The first-order chi connectivity index (χ1) is 13.5. The van der Waals surface area contributed by atoms with Crippen LogP contribution in [0.15, 0.2) is 61.2 Å². The Balaban J connectivity index is 1.65. The fourth-order valence-corrected chi connectivity index (χ4v) is 2.88. The van der Waals surface area contributed by atoms with E-state index in [2.05, 4.69) is 28.4 Å². The number of amides is 1. The van der Waals surface area contributed by atoms with Crippen LogP contribution >= 0.6 is 0 Å². The van der Waals surface area contributed by atoms with Crippen LogP contribution in [0.2, 0.25) is 0 Å². The summed E-state index contributed by atoms with van der Waals surface area (Å²) in [4.78, 5) is 18.6. The van der Waals surface area contributed by atoms with Crippen molar-refractivity contribution in [2.45, 2.75) is 25.9 Å². The van der Waals surface area contributed by atoms with Crippen LogP contribution in [-0.4, -0.2) is 38.7 Å². The Bertz CT molecular complexity index is 958. The van der Waals surface area contributed by atoms with Crippen molar-refractivity contribution < 1.29 is 4.79 Å². The van der Waals surface area contributed by atoms with Crippen molar-refractivity contribution in [1.82, 2.24) is 19.7 Å². The zero-order valence-electron chi connectivity index (χ0n) is 16.1. The third-order valence-corrected chi connectivity index (χ3v) is 4.94. The molecule has 2 aromatic carbocycles. The predicted octanol–water partition coefficient (Wildman–Crippen LogP) is 3.16. The van der Waals surface area contributed by atoms with Crippen molar-refractivity contribution in [2.75, 3.05) is 12.4 Å². The molecule has 0 spiro atoms. The first-order valence-electron chi connectivity index (χ1n) is 8.97. The van der Waals surface area contributed by atoms with E-state index in [1.807, 2.05) is 43.1 Å². The number of aromatic nitrogens is 3. The van der Waals surface area contributed by atoms with Gasteiger partial charge < -0.3 is 5.32 Å². The number of carbonyl (C=O) groups excluding carboxylic acids is 1. The topological polar surface area (TPSA) is 86.8 Å². The fraction of sp³-hybridized carbons (Fsp3) is 0.238. The Hall–Kier alpha value is -3.50. The van der Waals surface area contributed by atoms with E-state index in [4.69, 9.17) is 5.26 Å². The molecule has 0 unspecified atom stereocenters. The van der Waals surface area contributed by atoms with Gasteiger partial charge in [-0.05, 0) is 62.9 Å². The van der Waals surface area contributed by atoms with E-state index in [-0.39, 0.29) is 18.0 Å². The first-order valence-corrected chi connectivity index (χ1v) is 8.97. The van der Waals surface area contributed by atoms with E-state index in [0.29, 0.717) is 11.3 Å². The minimum atomic E-state index is -0.333. The van der Waals surface area contributed by atoms with Gasteiger partial charge in [0, 0.05) is 11.7 Å². The number of likely N-dealkylation sites (N-methyl/N-ethyl adjacent to an activating group) is 1. The van der Waals surface area contributed by atoms with Gasteiger partial charge in [0.15, 0.2) is 0 Å². The van der Waals surface area contributed by atoms with Crippen LogP contribution in [0.5, 0.6) is 0 Å². The highest BCUT2D eigenvalue weighted by Gasteiger charge is 2.23. The summed E-state index contributed by atoms with van der Waals surface area (Å²) in [5.74, 6) is -0.0988. The monoisotopic (exact) mass is 374 g/mol. The molecule has 0 aliphatic rings. The molecular weight excluding hydrogens is 352 g/mol. The predicted molar refractivity (Wildman–Crippen MR) is 107 cm³/mol. The van der Waals surface area contributed by atoms with Crippen LogP contribution in [0.1, 0.15) is 31.0 Å². The second kappa shape index (κ2) is 8.46. The highest BCUT2D eigenvalue weighted by molar-refractivity contribution is 5.94. The second-order valence-electron chi connectivity index (χ2n) is 6.63. The Morgan fingerprint density at radius 1 is 1.14 bits per heavy atom. The average molecular weight is 374 g/mol. The lowest BCUT2D eigenvalue weighted by Crippen LogP contribution is -2.40. The molecule has 0 radical (unpaired) electrons. The number of nitrogens with zero attached hydrogens (tertiary/aromatic N) is 5. The molecule has 142 valence electrons. The molecule has 1 amide bonds.